The van der Waals surface area contributed by atoms with Crippen LogP contribution in [0.25, 0.3) is 0 Å². The van der Waals surface area contributed by atoms with Crippen LogP contribution in [0.15, 0.2) is 59.6 Å². The fourth-order valence-corrected chi connectivity index (χ4v) is 1.77. The summed E-state index contributed by atoms with van der Waals surface area (Å²) in [6.07, 6.45) is 0.522. The molecule has 0 atom stereocenters. The van der Waals surface area contributed by atoms with Gasteiger partial charge in [-0.05, 0) is 30.2 Å². The predicted octanol–water partition coefficient (Wildman–Crippen LogP) is 2.30. The van der Waals surface area contributed by atoms with Crippen molar-refractivity contribution in [3.05, 3.63) is 66.0 Å². The monoisotopic (exact) mass is 272 g/mol. The van der Waals surface area contributed by atoms with Crippen LogP contribution in [0.5, 0.6) is 0 Å². The Hall–Kier alpha value is -2.40. The molecule has 4 N–H and O–H groups in total. The maximum Gasteiger partial charge on any atom is 0.210 e. The second-order valence-corrected chi connectivity index (χ2v) is 4.21. The highest BCUT2D eigenvalue weighted by molar-refractivity contribution is 5.93. The van der Waals surface area contributed by atoms with Gasteiger partial charge in [-0.2, -0.15) is 0 Å². The summed E-state index contributed by atoms with van der Waals surface area (Å²) < 4.78 is 13.4. The first kappa shape index (κ1) is 14.0. The van der Waals surface area contributed by atoms with Gasteiger partial charge in [-0.15, -0.1) is 0 Å². The molecule has 0 aliphatic carbocycles. The molecule has 0 amide bonds. The number of hydrazine groups is 1. The number of hydrogen-bond donors (Lipinski definition) is 3. The lowest BCUT2D eigenvalue weighted by atomic mass is 10.1. The summed E-state index contributed by atoms with van der Waals surface area (Å²) in [7, 11) is 0. The van der Waals surface area contributed by atoms with E-state index < -0.39 is 0 Å². The van der Waals surface area contributed by atoms with Crippen molar-refractivity contribution in [2.24, 2.45) is 10.8 Å². The molecule has 0 aliphatic rings. The van der Waals surface area contributed by atoms with Crippen molar-refractivity contribution in [1.82, 2.24) is 5.43 Å². The minimum absolute atomic E-state index is 0.207. The summed E-state index contributed by atoms with van der Waals surface area (Å²) in [5.74, 6) is 5.66. The van der Waals surface area contributed by atoms with E-state index in [2.05, 4.69) is 15.7 Å². The number of benzene rings is 2. The molecule has 5 heteroatoms. The Morgan fingerprint density at radius 3 is 2.45 bits per heavy atom. The molecular formula is C15H17FN4. The third-order valence-electron chi connectivity index (χ3n) is 2.78. The fourth-order valence-electron chi connectivity index (χ4n) is 1.77. The highest BCUT2D eigenvalue weighted by atomic mass is 19.1. The summed E-state index contributed by atoms with van der Waals surface area (Å²) >= 11 is 0. The molecule has 2 aromatic carbocycles. The standard InChI is InChI=1S/C15H17FN4/c16-14-9-5-4-6-12(14)10-11-18-15(20-17)19-13-7-2-1-3-8-13/h1-9H,10-11,17H2,(H2,18,19,20). The molecule has 0 heterocycles. The van der Waals surface area contributed by atoms with E-state index in [0.29, 0.717) is 24.5 Å². The van der Waals surface area contributed by atoms with Gasteiger partial charge in [0, 0.05) is 12.2 Å². The Balaban J connectivity index is 1.93. The van der Waals surface area contributed by atoms with Crippen LogP contribution < -0.4 is 16.6 Å². The van der Waals surface area contributed by atoms with Crippen LogP contribution in [-0.4, -0.2) is 12.5 Å². The lowest BCUT2D eigenvalue weighted by Crippen LogP contribution is -2.36. The van der Waals surface area contributed by atoms with E-state index in [1.54, 1.807) is 12.1 Å². The van der Waals surface area contributed by atoms with Gasteiger partial charge in [-0.3, -0.25) is 10.4 Å². The smallest absolute Gasteiger partial charge is 0.210 e. The van der Waals surface area contributed by atoms with Gasteiger partial charge in [0.1, 0.15) is 5.82 Å². The molecule has 0 spiro atoms. The van der Waals surface area contributed by atoms with E-state index in [1.165, 1.54) is 6.07 Å². The molecule has 0 bridgehead atoms. The summed E-state index contributed by atoms with van der Waals surface area (Å²) in [5, 5.41) is 3.05. The van der Waals surface area contributed by atoms with Crippen LogP contribution in [0.2, 0.25) is 0 Å². The molecule has 0 aliphatic heterocycles. The topological polar surface area (TPSA) is 62.4 Å². The van der Waals surface area contributed by atoms with Crippen LogP contribution in [0, 0.1) is 5.82 Å². The molecule has 0 saturated carbocycles. The van der Waals surface area contributed by atoms with Gasteiger partial charge in [-0.25, -0.2) is 10.2 Å². The van der Waals surface area contributed by atoms with Crippen molar-refractivity contribution < 1.29 is 4.39 Å². The van der Waals surface area contributed by atoms with E-state index in [0.717, 1.165) is 5.69 Å². The lowest BCUT2D eigenvalue weighted by molar-refractivity contribution is 0.609. The Bertz CT molecular complexity index is 569. The van der Waals surface area contributed by atoms with Gasteiger partial charge < -0.3 is 5.32 Å². The SMILES string of the molecule is NNC(=NCCc1ccccc1F)Nc1ccccc1. The van der Waals surface area contributed by atoms with Gasteiger partial charge in [0.05, 0.1) is 0 Å². The average Bonchev–Trinajstić information content (AvgIpc) is 2.49. The number of guanidine groups is 1. The largest absolute Gasteiger partial charge is 0.325 e. The molecule has 0 radical (unpaired) electrons. The molecule has 0 unspecified atom stereocenters. The first-order valence-corrected chi connectivity index (χ1v) is 6.36. The Labute approximate surface area is 117 Å². The van der Waals surface area contributed by atoms with Crippen LogP contribution in [0.4, 0.5) is 10.1 Å². The number of nitrogens with one attached hydrogen (secondary N) is 2. The van der Waals surface area contributed by atoms with Crippen LogP contribution >= 0.6 is 0 Å². The summed E-state index contributed by atoms with van der Waals surface area (Å²) in [6.45, 7) is 0.445. The van der Waals surface area contributed by atoms with Crippen molar-refractivity contribution in [1.29, 1.82) is 0 Å². The Kier molecular flexibility index (Phi) is 5.08. The first-order chi connectivity index (χ1) is 9.79. The molecule has 4 nitrogen and oxygen atoms in total. The molecule has 0 aromatic heterocycles. The molecule has 20 heavy (non-hydrogen) atoms. The Morgan fingerprint density at radius 1 is 1.05 bits per heavy atom. The molecule has 0 saturated heterocycles. The quantitative estimate of drug-likeness (QED) is 0.346. The van der Waals surface area contributed by atoms with E-state index in [4.69, 9.17) is 5.84 Å². The maximum absolute atomic E-state index is 13.4. The number of para-hydroxylation sites is 1. The fraction of sp³-hybridized carbons (Fsp3) is 0.133. The van der Waals surface area contributed by atoms with E-state index in [1.807, 2.05) is 36.4 Å². The van der Waals surface area contributed by atoms with Crippen LogP contribution in [0.3, 0.4) is 0 Å². The molecule has 2 rings (SSSR count). The number of nitrogens with zero attached hydrogens (tertiary/aromatic N) is 1. The highest BCUT2D eigenvalue weighted by Gasteiger charge is 2.01. The van der Waals surface area contributed by atoms with Crippen molar-refractivity contribution in [2.45, 2.75) is 6.42 Å². The number of hydrogen-bond acceptors (Lipinski definition) is 2. The second-order valence-electron chi connectivity index (χ2n) is 4.21. The molecule has 104 valence electrons. The number of nitrogens with two attached hydrogens (primary N) is 1. The summed E-state index contributed by atoms with van der Waals surface area (Å²) in [4.78, 5) is 4.28. The number of rotatable bonds is 4. The van der Waals surface area contributed by atoms with Crippen molar-refractivity contribution in [3.8, 4) is 0 Å². The van der Waals surface area contributed by atoms with E-state index >= 15 is 0 Å². The van der Waals surface area contributed by atoms with Gasteiger partial charge in [0.2, 0.25) is 5.96 Å². The number of halogens is 1. The number of aliphatic imine (C=N–C) groups is 1. The van der Waals surface area contributed by atoms with Gasteiger partial charge >= 0.3 is 0 Å². The van der Waals surface area contributed by atoms with E-state index in [9.17, 15) is 4.39 Å². The minimum Gasteiger partial charge on any atom is -0.325 e. The lowest BCUT2D eigenvalue weighted by Gasteiger charge is -2.09. The van der Waals surface area contributed by atoms with Crippen molar-refractivity contribution in [3.63, 3.8) is 0 Å². The van der Waals surface area contributed by atoms with Gasteiger partial charge in [0.15, 0.2) is 0 Å². The third kappa shape index (κ3) is 4.07. The van der Waals surface area contributed by atoms with E-state index in [-0.39, 0.29) is 5.82 Å². The Morgan fingerprint density at radius 2 is 1.75 bits per heavy atom. The predicted molar refractivity (Wildman–Crippen MR) is 79.8 cm³/mol. The normalized spacial score (nSPS) is 11.2. The second kappa shape index (κ2) is 7.25. The maximum atomic E-state index is 13.4. The number of anilines is 1. The van der Waals surface area contributed by atoms with Crippen molar-refractivity contribution >= 4 is 11.6 Å². The van der Waals surface area contributed by atoms with Gasteiger partial charge in [0.25, 0.3) is 0 Å². The summed E-state index contributed by atoms with van der Waals surface area (Å²) in [5.41, 5.74) is 4.03. The summed E-state index contributed by atoms with van der Waals surface area (Å²) in [6, 6.07) is 16.3. The third-order valence-corrected chi connectivity index (χ3v) is 2.78. The zero-order chi connectivity index (χ0) is 14.2. The minimum atomic E-state index is -0.207. The van der Waals surface area contributed by atoms with Crippen LogP contribution in [-0.2, 0) is 6.42 Å². The zero-order valence-electron chi connectivity index (χ0n) is 11.0. The van der Waals surface area contributed by atoms with Crippen LogP contribution in [0.1, 0.15) is 5.56 Å². The molecule has 2 aromatic rings. The van der Waals surface area contributed by atoms with Gasteiger partial charge in [-0.1, -0.05) is 36.4 Å². The molecule has 0 fully saturated rings. The zero-order valence-corrected chi connectivity index (χ0v) is 11.0. The molecular weight excluding hydrogens is 255 g/mol. The highest BCUT2D eigenvalue weighted by Crippen LogP contribution is 2.07. The van der Waals surface area contributed by atoms with Crippen molar-refractivity contribution in [2.75, 3.05) is 11.9 Å². The first-order valence-electron chi connectivity index (χ1n) is 6.36. The average molecular weight is 272 g/mol.